The summed E-state index contributed by atoms with van der Waals surface area (Å²) in [4.78, 5) is 14.5. The smallest absolute Gasteiger partial charge is 0.251 e. The molecule has 1 aliphatic heterocycles. The summed E-state index contributed by atoms with van der Waals surface area (Å²) in [5.74, 6) is 0.00544. The zero-order valence-corrected chi connectivity index (χ0v) is 12.9. The van der Waals surface area contributed by atoms with E-state index in [-0.39, 0.29) is 11.4 Å². The SMILES string of the molecule is CC1(C)CN(C(=O)/C=C/c2ccccc2)c2ccccc2N1. The van der Waals surface area contributed by atoms with Crippen molar-refractivity contribution < 1.29 is 4.79 Å². The highest BCUT2D eigenvalue weighted by atomic mass is 16.2. The van der Waals surface area contributed by atoms with Gasteiger partial charge >= 0.3 is 0 Å². The Kier molecular flexibility index (Phi) is 3.72. The van der Waals surface area contributed by atoms with Gasteiger partial charge in [0, 0.05) is 18.2 Å². The summed E-state index contributed by atoms with van der Waals surface area (Å²) < 4.78 is 0. The van der Waals surface area contributed by atoms with Crippen molar-refractivity contribution >= 4 is 23.4 Å². The molecular weight excluding hydrogens is 272 g/mol. The molecule has 1 N–H and O–H groups in total. The van der Waals surface area contributed by atoms with Gasteiger partial charge in [-0.25, -0.2) is 0 Å². The van der Waals surface area contributed by atoms with Crippen LogP contribution in [0.25, 0.3) is 6.08 Å². The molecular formula is C19H20N2O. The second kappa shape index (κ2) is 5.68. The van der Waals surface area contributed by atoms with E-state index in [0.29, 0.717) is 6.54 Å². The van der Waals surface area contributed by atoms with Gasteiger partial charge in [-0.15, -0.1) is 0 Å². The molecule has 0 spiro atoms. The van der Waals surface area contributed by atoms with Crippen LogP contribution >= 0.6 is 0 Å². The average molecular weight is 292 g/mol. The molecule has 0 unspecified atom stereocenters. The summed E-state index contributed by atoms with van der Waals surface area (Å²) in [6, 6.07) is 17.8. The molecule has 0 aliphatic carbocycles. The van der Waals surface area contributed by atoms with Gasteiger partial charge in [0.2, 0.25) is 0 Å². The van der Waals surface area contributed by atoms with Crippen molar-refractivity contribution in [2.24, 2.45) is 0 Å². The number of rotatable bonds is 2. The normalized spacial score (nSPS) is 16.2. The zero-order chi connectivity index (χ0) is 15.6. The molecule has 3 nitrogen and oxygen atoms in total. The van der Waals surface area contributed by atoms with Gasteiger partial charge in [-0.2, -0.15) is 0 Å². The van der Waals surface area contributed by atoms with E-state index in [1.165, 1.54) is 0 Å². The van der Waals surface area contributed by atoms with Crippen LogP contribution in [0, 0.1) is 0 Å². The van der Waals surface area contributed by atoms with Gasteiger partial charge in [0.25, 0.3) is 5.91 Å². The molecule has 3 heteroatoms. The van der Waals surface area contributed by atoms with Gasteiger partial charge in [0.15, 0.2) is 0 Å². The van der Waals surface area contributed by atoms with E-state index < -0.39 is 0 Å². The minimum atomic E-state index is -0.148. The predicted molar refractivity (Wildman–Crippen MR) is 92.0 cm³/mol. The first-order valence-electron chi connectivity index (χ1n) is 7.47. The number of nitrogens with one attached hydrogen (secondary N) is 1. The highest BCUT2D eigenvalue weighted by Gasteiger charge is 2.31. The molecule has 0 saturated carbocycles. The quantitative estimate of drug-likeness (QED) is 0.850. The van der Waals surface area contributed by atoms with E-state index in [9.17, 15) is 4.79 Å². The Labute approximate surface area is 131 Å². The molecule has 2 aromatic rings. The number of para-hydroxylation sites is 2. The topological polar surface area (TPSA) is 32.3 Å². The summed E-state index contributed by atoms with van der Waals surface area (Å²) in [6.07, 6.45) is 3.51. The first kappa shape index (κ1) is 14.4. The summed E-state index contributed by atoms with van der Waals surface area (Å²) in [5.41, 5.74) is 2.81. The number of hydrogen-bond donors (Lipinski definition) is 1. The van der Waals surface area contributed by atoms with Crippen LogP contribution in [0.5, 0.6) is 0 Å². The van der Waals surface area contributed by atoms with Crippen molar-refractivity contribution in [1.29, 1.82) is 0 Å². The molecule has 112 valence electrons. The average Bonchev–Trinajstić information content (AvgIpc) is 2.52. The lowest BCUT2D eigenvalue weighted by atomic mass is 9.99. The van der Waals surface area contributed by atoms with E-state index in [4.69, 9.17) is 0 Å². The van der Waals surface area contributed by atoms with E-state index in [1.54, 1.807) is 6.08 Å². The molecule has 2 aromatic carbocycles. The Morgan fingerprint density at radius 2 is 1.77 bits per heavy atom. The van der Waals surface area contributed by atoms with Gasteiger partial charge in [-0.3, -0.25) is 4.79 Å². The fourth-order valence-corrected chi connectivity index (χ4v) is 2.72. The number of benzene rings is 2. The summed E-state index contributed by atoms with van der Waals surface area (Å²) in [7, 11) is 0. The third-order valence-electron chi connectivity index (χ3n) is 3.71. The molecule has 0 radical (unpaired) electrons. The monoisotopic (exact) mass is 292 g/mol. The van der Waals surface area contributed by atoms with Crippen LogP contribution in [-0.4, -0.2) is 18.0 Å². The molecule has 1 aliphatic rings. The van der Waals surface area contributed by atoms with Crippen LogP contribution in [0.4, 0.5) is 11.4 Å². The van der Waals surface area contributed by atoms with Gasteiger partial charge < -0.3 is 10.2 Å². The first-order chi connectivity index (χ1) is 10.6. The molecule has 1 amide bonds. The third-order valence-corrected chi connectivity index (χ3v) is 3.71. The fourth-order valence-electron chi connectivity index (χ4n) is 2.72. The van der Waals surface area contributed by atoms with Gasteiger partial charge in [-0.1, -0.05) is 42.5 Å². The number of carbonyl (C=O) groups is 1. The Bertz CT molecular complexity index is 704. The highest BCUT2D eigenvalue weighted by molar-refractivity contribution is 6.06. The Hall–Kier alpha value is -2.55. The van der Waals surface area contributed by atoms with E-state index in [0.717, 1.165) is 16.9 Å². The minimum absolute atomic E-state index is 0.00544. The van der Waals surface area contributed by atoms with E-state index >= 15 is 0 Å². The van der Waals surface area contributed by atoms with Gasteiger partial charge in [-0.05, 0) is 37.6 Å². The summed E-state index contributed by atoms with van der Waals surface area (Å²) in [5, 5.41) is 3.48. The van der Waals surface area contributed by atoms with Crippen LogP contribution in [-0.2, 0) is 4.79 Å². The number of fused-ring (bicyclic) bond motifs is 1. The van der Waals surface area contributed by atoms with Crippen molar-refractivity contribution in [2.75, 3.05) is 16.8 Å². The largest absolute Gasteiger partial charge is 0.377 e. The van der Waals surface area contributed by atoms with Crippen molar-refractivity contribution in [1.82, 2.24) is 0 Å². The van der Waals surface area contributed by atoms with Crippen molar-refractivity contribution in [3.63, 3.8) is 0 Å². The molecule has 0 saturated heterocycles. The van der Waals surface area contributed by atoms with E-state index in [1.807, 2.05) is 65.6 Å². The molecule has 1 heterocycles. The van der Waals surface area contributed by atoms with Crippen LogP contribution in [0.3, 0.4) is 0 Å². The number of nitrogens with zero attached hydrogens (tertiary/aromatic N) is 1. The third kappa shape index (κ3) is 3.03. The molecule has 0 bridgehead atoms. The van der Waals surface area contributed by atoms with E-state index in [2.05, 4.69) is 19.2 Å². The van der Waals surface area contributed by atoms with Gasteiger partial charge in [0.1, 0.15) is 0 Å². The number of hydrogen-bond acceptors (Lipinski definition) is 2. The van der Waals surface area contributed by atoms with Gasteiger partial charge in [0.05, 0.1) is 11.4 Å². The fraction of sp³-hybridized carbons (Fsp3) is 0.211. The molecule has 0 aromatic heterocycles. The van der Waals surface area contributed by atoms with Crippen LogP contribution in [0.2, 0.25) is 0 Å². The lowest BCUT2D eigenvalue weighted by molar-refractivity contribution is -0.114. The molecule has 0 fully saturated rings. The first-order valence-corrected chi connectivity index (χ1v) is 7.47. The van der Waals surface area contributed by atoms with Crippen LogP contribution in [0.15, 0.2) is 60.7 Å². The Morgan fingerprint density at radius 1 is 1.09 bits per heavy atom. The maximum atomic E-state index is 12.6. The number of amides is 1. The second-order valence-electron chi connectivity index (χ2n) is 6.19. The summed E-state index contributed by atoms with van der Waals surface area (Å²) in [6.45, 7) is 4.84. The minimum Gasteiger partial charge on any atom is -0.377 e. The lowest BCUT2D eigenvalue weighted by Crippen LogP contribution is -2.50. The highest BCUT2D eigenvalue weighted by Crippen LogP contribution is 2.34. The van der Waals surface area contributed by atoms with Crippen molar-refractivity contribution in [3.05, 3.63) is 66.2 Å². The standard InChI is InChI=1S/C19H20N2O/c1-19(2)14-21(17-11-7-6-10-16(17)20-19)18(22)13-12-15-8-4-3-5-9-15/h3-13,20H,14H2,1-2H3/b13-12+. The lowest BCUT2D eigenvalue weighted by Gasteiger charge is -2.40. The molecule has 22 heavy (non-hydrogen) atoms. The summed E-state index contributed by atoms with van der Waals surface area (Å²) >= 11 is 0. The Morgan fingerprint density at radius 3 is 2.55 bits per heavy atom. The predicted octanol–water partition coefficient (Wildman–Crippen LogP) is 3.94. The number of anilines is 2. The maximum Gasteiger partial charge on any atom is 0.251 e. The number of carbonyl (C=O) groups excluding carboxylic acids is 1. The molecule has 0 atom stereocenters. The van der Waals surface area contributed by atoms with Crippen molar-refractivity contribution in [3.8, 4) is 0 Å². The van der Waals surface area contributed by atoms with Crippen LogP contribution in [0.1, 0.15) is 19.4 Å². The van der Waals surface area contributed by atoms with Crippen molar-refractivity contribution in [2.45, 2.75) is 19.4 Å². The zero-order valence-electron chi connectivity index (χ0n) is 12.9. The second-order valence-corrected chi connectivity index (χ2v) is 6.19. The molecule has 3 rings (SSSR count). The maximum absolute atomic E-state index is 12.6. The Balaban J connectivity index is 1.87. The van der Waals surface area contributed by atoms with Crippen LogP contribution < -0.4 is 10.2 Å².